The van der Waals surface area contributed by atoms with Crippen LogP contribution in [0.25, 0.3) is 12.2 Å². The molecule has 0 saturated heterocycles. The first-order chi connectivity index (χ1) is 16.8. The molecule has 0 aliphatic heterocycles. The molecule has 1 aliphatic carbocycles. The number of aryl methyl sites for hydroxylation is 2. The molecule has 0 bridgehead atoms. The number of oxazole rings is 1. The molecule has 2 heterocycles. The van der Waals surface area contributed by atoms with Crippen LogP contribution in [0.2, 0.25) is 0 Å². The van der Waals surface area contributed by atoms with Gasteiger partial charge < -0.3 is 9.52 Å². The monoisotopic (exact) mass is 485 g/mol. The Morgan fingerprint density at radius 2 is 2.00 bits per heavy atom. The van der Waals surface area contributed by atoms with Crippen molar-refractivity contribution >= 4 is 30.3 Å². The van der Waals surface area contributed by atoms with Crippen molar-refractivity contribution in [2.75, 3.05) is 0 Å². The highest BCUT2D eigenvalue weighted by Crippen LogP contribution is 2.39. The van der Waals surface area contributed by atoms with Gasteiger partial charge in [-0.15, -0.1) is 0 Å². The minimum absolute atomic E-state index is 0.165. The molecule has 0 saturated carbocycles. The van der Waals surface area contributed by atoms with E-state index in [2.05, 4.69) is 35.1 Å². The fraction of sp³-hybridized carbons (Fsp3) is 0.185. The van der Waals surface area contributed by atoms with Gasteiger partial charge in [-0.25, -0.2) is 14.6 Å². The average Bonchev–Trinajstić information content (AvgIpc) is 3.14. The third-order valence-corrected chi connectivity index (χ3v) is 6.56. The number of carboxylic acid groups (broad SMARTS) is 1. The largest absolute Gasteiger partial charge is 0.478 e. The van der Waals surface area contributed by atoms with Crippen LogP contribution in [-0.2, 0) is 13.0 Å². The van der Waals surface area contributed by atoms with E-state index >= 15 is 0 Å². The fourth-order valence-corrected chi connectivity index (χ4v) is 4.77. The Morgan fingerprint density at radius 1 is 1.17 bits per heavy atom. The molecule has 2 N–H and O–H groups in total. The van der Waals surface area contributed by atoms with Crippen LogP contribution >= 0.6 is 12.2 Å². The lowest BCUT2D eigenvalue weighted by molar-refractivity contribution is 0.0696. The number of hydrogen-bond acceptors (Lipinski definition) is 5. The first-order valence-electron chi connectivity index (χ1n) is 11.3. The van der Waals surface area contributed by atoms with E-state index in [1.807, 2.05) is 12.2 Å². The molecule has 35 heavy (non-hydrogen) atoms. The molecule has 5 rings (SSSR count). The molecule has 0 spiro atoms. The summed E-state index contributed by atoms with van der Waals surface area (Å²) >= 11 is 5.63. The van der Waals surface area contributed by atoms with E-state index in [0.717, 1.165) is 28.8 Å². The molecule has 7 nitrogen and oxygen atoms in total. The number of fused-ring (bicyclic) bond motifs is 2. The van der Waals surface area contributed by atoms with Crippen molar-refractivity contribution in [1.82, 2.24) is 14.5 Å². The SMILES string of the molecule is CCc1ccc2c(c1)C=Cc1oc(C)nc1C2c1cn(Cc2cccc(C(=O)O)c2)c(=O)[nH]c1=S. The van der Waals surface area contributed by atoms with Gasteiger partial charge in [0.1, 0.15) is 4.64 Å². The summed E-state index contributed by atoms with van der Waals surface area (Å²) in [7, 11) is 0. The number of nitrogens with zero attached hydrogens (tertiary/aromatic N) is 2. The zero-order chi connectivity index (χ0) is 24.7. The number of carbonyl (C=O) groups is 1. The molecule has 176 valence electrons. The maximum absolute atomic E-state index is 12.8. The van der Waals surface area contributed by atoms with E-state index in [-0.39, 0.29) is 23.7 Å². The van der Waals surface area contributed by atoms with Crippen LogP contribution in [0.1, 0.15) is 68.4 Å². The first kappa shape index (κ1) is 22.7. The highest BCUT2D eigenvalue weighted by Gasteiger charge is 2.29. The quantitative estimate of drug-likeness (QED) is 0.333. The predicted octanol–water partition coefficient (Wildman–Crippen LogP) is 5.18. The summed E-state index contributed by atoms with van der Waals surface area (Å²) in [6, 6.07) is 12.9. The molecule has 8 heteroatoms. The summed E-state index contributed by atoms with van der Waals surface area (Å²) in [4.78, 5) is 31.7. The summed E-state index contributed by atoms with van der Waals surface area (Å²) in [6.07, 6.45) is 6.61. The highest BCUT2D eigenvalue weighted by molar-refractivity contribution is 7.71. The minimum Gasteiger partial charge on any atom is -0.478 e. The van der Waals surface area contributed by atoms with Gasteiger partial charge >= 0.3 is 11.7 Å². The normalized spacial score (nSPS) is 14.3. The lowest BCUT2D eigenvalue weighted by Gasteiger charge is -2.19. The molecule has 0 radical (unpaired) electrons. The van der Waals surface area contributed by atoms with Crippen molar-refractivity contribution < 1.29 is 14.3 Å². The number of hydrogen-bond donors (Lipinski definition) is 2. The van der Waals surface area contributed by atoms with Crippen LogP contribution in [0.15, 0.2) is 57.9 Å². The van der Waals surface area contributed by atoms with E-state index < -0.39 is 5.97 Å². The number of nitrogens with one attached hydrogen (secondary N) is 1. The van der Waals surface area contributed by atoms with Crippen LogP contribution in [0.3, 0.4) is 0 Å². The van der Waals surface area contributed by atoms with Gasteiger partial charge in [0.2, 0.25) is 0 Å². The van der Waals surface area contributed by atoms with E-state index in [9.17, 15) is 14.7 Å². The summed E-state index contributed by atoms with van der Waals surface area (Å²) < 4.78 is 7.72. The zero-order valence-corrected chi connectivity index (χ0v) is 20.1. The van der Waals surface area contributed by atoms with Crippen molar-refractivity contribution in [3.05, 3.63) is 115 Å². The first-order valence-corrected chi connectivity index (χ1v) is 11.7. The van der Waals surface area contributed by atoms with Crippen LogP contribution in [0, 0.1) is 11.6 Å². The number of aromatic nitrogens is 3. The van der Waals surface area contributed by atoms with Crippen molar-refractivity contribution in [1.29, 1.82) is 0 Å². The number of benzene rings is 2. The van der Waals surface area contributed by atoms with Crippen molar-refractivity contribution in [3.8, 4) is 0 Å². The van der Waals surface area contributed by atoms with Crippen molar-refractivity contribution in [2.24, 2.45) is 0 Å². The molecule has 2 aromatic carbocycles. The summed E-state index contributed by atoms with van der Waals surface area (Å²) in [5.41, 5.74) is 5.21. The highest BCUT2D eigenvalue weighted by atomic mass is 32.1. The van der Waals surface area contributed by atoms with Gasteiger partial charge in [-0.05, 0) is 46.9 Å². The number of carboxylic acids is 1. The number of rotatable bonds is 5. The molecule has 1 unspecified atom stereocenters. The molecule has 2 aromatic heterocycles. The predicted molar refractivity (Wildman–Crippen MR) is 135 cm³/mol. The number of aromatic amines is 1. The van der Waals surface area contributed by atoms with Crippen LogP contribution in [0.5, 0.6) is 0 Å². The smallest absolute Gasteiger partial charge is 0.335 e. The standard InChI is InChI=1S/C27H23N3O4S/c1-3-16-7-9-20-18(11-16)8-10-22-24(28-15(2)34-22)23(20)21-14-30(27(33)29-25(21)35)13-17-5-4-6-19(12-17)26(31)32/h4-12,14,23H,3,13H2,1-2H3,(H,31,32)(H,29,33,35). The second kappa shape index (κ2) is 8.96. The fourth-order valence-electron chi connectivity index (χ4n) is 4.51. The van der Waals surface area contributed by atoms with Crippen molar-refractivity contribution in [3.63, 3.8) is 0 Å². The average molecular weight is 486 g/mol. The van der Waals surface area contributed by atoms with E-state index in [4.69, 9.17) is 16.6 Å². The van der Waals surface area contributed by atoms with E-state index in [0.29, 0.717) is 21.9 Å². The third-order valence-electron chi connectivity index (χ3n) is 6.22. The Bertz CT molecular complexity index is 1610. The lowest BCUT2D eigenvalue weighted by Crippen LogP contribution is -2.25. The Kier molecular flexibility index (Phi) is 5.82. The zero-order valence-electron chi connectivity index (χ0n) is 19.2. The second-order valence-electron chi connectivity index (χ2n) is 8.54. The van der Waals surface area contributed by atoms with Gasteiger partial charge in [-0.2, -0.15) is 0 Å². The van der Waals surface area contributed by atoms with E-state index in [1.54, 1.807) is 31.3 Å². The van der Waals surface area contributed by atoms with Gasteiger partial charge in [0, 0.05) is 18.7 Å². The molecular formula is C27H23N3O4S. The molecular weight excluding hydrogens is 462 g/mol. The van der Waals surface area contributed by atoms with E-state index in [1.165, 1.54) is 16.2 Å². The molecule has 1 atom stereocenters. The van der Waals surface area contributed by atoms with Crippen LogP contribution < -0.4 is 5.69 Å². The maximum atomic E-state index is 12.8. The minimum atomic E-state index is -1.02. The second-order valence-corrected chi connectivity index (χ2v) is 8.95. The number of aromatic carboxylic acids is 1. The Labute approximate surface area is 206 Å². The Morgan fingerprint density at radius 3 is 2.77 bits per heavy atom. The molecule has 1 aliphatic rings. The van der Waals surface area contributed by atoms with Gasteiger partial charge in [-0.3, -0.25) is 9.55 Å². The summed E-state index contributed by atoms with van der Waals surface area (Å²) in [5, 5.41) is 9.32. The van der Waals surface area contributed by atoms with Gasteiger partial charge in [0.25, 0.3) is 0 Å². The van der Waals surface area contributed by atoms with Gasteiger partial charge in [0.15, 0.2) is 11.7 Å². The Hall–Kier alpha value is -4.04. The van der Waals surface area contributed by atoms with Gasteiger partial charge in [-0.1, -0.05) is 55.5 Å². The topological polar surface area (TPSA) is 101 Å². The summed E-state index contributed by atoms with van der Waals surface area (Å²) in [6.45, 7) is 4.11. The van der Waals surface area contributed by atoms with Gasteiger partial charge in [0.05, 0.1) is 23.7 Å². The molecule has 0 amide bonds. The van der Waals surface area contributed by atoms with Crippen molar-refractivity contribution in [2.45, 2.75) is 32.7 Å². The summed E-state index contributed by atoms with van der Waals surface area (Å²) in [5.74, 6) is -0.162. The molecule has 4 aromatic rings. The van der Waals surface area contributed by atoms with Crippen LogP contribution in [-0.4, -0.2) is 25.6 Å². The van der Waals surface area contributed by atoms with Crippen LogP contribution in [0.4, 0.5) is 0 Å². The lowest BCUT2D eigenvalue weighted by atomic mass is 9.86. The Balaban J connectivity index is 1.68. The number of H-pyrrole nitrogens is 1. The third kappa shape index (κ3) is 4.28. The maximum Gasteiger partial charge on any atom is 0.335 e. The molecule has 0 fully saturated rings.